The first-order valence-electron chi connectivity index (χ1n) is 8.36. The summed E-state index contributed by atoms with van der Waals surface area (Å²) < 4.78 is 15.7. The van der Waals surface area contributed by atoms with Gasteiger partial charge in [-0.2, -0.15) is 0 Å². The van der Waals surface area contributed by atoms with Crippen molar-refractivity contribution in [2.24, 2.45) is 0 Å². The molecule has 0 atom stereocenters. The number of esters is 1. The minimum atomic E-state index is -4.28. The molecule has 0 unspecified atom stereocenters. The molecule has 0 radical (unpaired) electrons. The second-order valence-electron chi connectivity index (χ2n) is 6.26. The summed E-state index contributed by atoms with van der Waals surface area (Å²) >= 11 is 0. The number of hydrogen-bond acceptors (Lipinski definition) is 7. The molecule has 3 N–H and O–H groups in total. The number of phenolic OH excluding ortho intramolecular Hbond substituents is 1. The van der Waals surface area contributed by atoms with Crippen LogP contribution in [0.4, 0.5) is 5.69 Å². The molecule has 0 aliphatic carbocycles. The minimum Gasteiger partial charge on any atom is -1.00 e. The summed E-state index contributed by atoms with van der Waals surface area (Å²) in [5, 5.41) is 21.2. The van der Waals surface area contributed by atoms with Gasteiger partial charge in [-0.1, -0.05) is 29.8 Å². The third-order valence-electron chi connectivity index (χ3n) is 3.88. The van der Waals surface area contributed by atoms with Crippen molar-refractivity contribution in [2.75, 3.05) is 6.16 Å². The van der Waals surface area contributed by atoms with E-state index < -0.39 is 54.0 Å². The van der Waals surface area contributed by atoms with E-state index in [4.69, 9.17) is 14.5 Å². The van der Waals surface area contributed by atoms with E-state index >= 15 is 0 Å². The maximum atomic E-state index is 12.6. The van der Waals surface area contributed by atoms with Gasteiger partial charge >= 0.3 is 48.8 Å². The van der Waals surface area contributed by atoms with E-state index in [1.165, 1.54) is 12.1 Å². The number of aryl methyl sites for hydroxylation is 1. The molecule has 2 rings (SSSR count). The van der Waals surface area contributed by atoms with Crippen molar-refractivity contribution in [1.29, 1.82) is 0 Å². The van der Waals surface area contributed by atoms with Crippen LogP contribution in [0.1, 0.15) is 35.8 Å². The van der Waals surface area contributed by atoms with Gasteiger partial charge in [0.25, 0.3) is 0 Å². The summed E-state index contributed by atoms with van der Waals surface area (Å²) in [5.74, 6) is -3.07. The smallest absolute Gasteiger partial charge is 1.00 e. The monoisotopic (exact) mass is 447 g/mol. The number of nitro benzene ring substituents is 1. The average Bonchev–Trinajstić information content (AvgIpc) is 2.62. The molecule has 30 heavy (non-hydrogen) atoms. The number of carbonyl (C=O) groups excluding carboxylic acids is 2. The van der Waals surface area contributed by atoms with Crippen LogP contribution in [-0.2, 0) is 9.36 Å². The van der Waals surface area contributed by atoms with E-state index in [0.717, 1.165) is 17.7 Å². The van der Waals surface area contributed by atoms with Gasteiger partial charge in [-0.05, 0) is 19.4 Å². The van der Waals surface area contributed by atoms with Crippen LogP contribution >= 0.6 is 7.60 Å². The quantitative estimate of drug-likeness (QED) is 0.0947. The van der Waals surface area contributed by atoms with Crippen LogP contribution in [0.2, 0.25) is 0 Å². The maximum absolute atomic E-state index is 12.6. The minimum absolute atomic E-state index is 0. The normalized spacial score (nSPS) is 10.8. The van der Waals surface area contributed by atoms with Gasteiger partial charge in [-0.15, -0.1) is 0 Å². The molecular weight excluding hydrogens is 428 g/mol. The van der Waals surface area contributed by atoms with Crippen molar-refractivity contribution < 1.29 is 69.7 Å². The van der Waals surface area contributed by atoms with E-state index in [-0.39, 0.29) is 48.5 Å². The van der Waals surface area contributed by atoms with Gasteiger partial charge in [0.05, 0.1) is 11.1 Å². The van der Waals surface area contributed by atoms with Crippen LogP contribution in [-0.4, -0.2) is 37.7 Å². The molecule has 12 heteroatoms. The summed E-state index contributed by atoms with van der Waals surface area (Å²) in [7, 11) is -4.28. The van der Waals surface area contributed by atoms with Gasteiger partial charge in [0.2, 0.25) is 5.75 Å². The van der Waals surface area contributed by atoms with Gasteiger partial charge in [0.15, 0.2) is 11.5 Å². The van der Waals surface area contributed by atoms with Gasteiger partial charge in [0, 0.05) is 23.6 Å². The molecule has 0 saturated heterocycles. The second-order valence-corrected chi connectivity index (χ2v) is 8.04. The number of ether oxygens (including phenoxy) is 1. The Morgan fingerprint density at radius 2 is 1.77 bits per heavy atom. The number of ketones is 1. The number of benzene rings is 2. The van der Waals surface area contributed by atoms with Gasteiger partial charge < -0.3 is 21.1 Å². The fraction of sp³-hybridized carbons (Fsp3) is 0.222. The van der Waals surface area contributed by atoms with Crippen LogP contribution in [0, 0.1) is 17.0 Å². The fourth-order valence-corrected chi connectivity index (χ4v) is 2.99. The van der Waals surface area contributed by atoms with Crippen molar-refractivity contribution in [1.82, 2.24) is 0 Å². The van der Waals surface area contributed by atoms with Crippen molar-refractivity contribution in [3.8, 4) is 11.5 Å². The number of nitro groups is 1. The zero-order chi connectivity index (χ0) is 21.8. The van der Waals surface area contributed by atoms with Gasteiger partial charge in [-0.25, -0.2) is 0 Å². The molecule has 0 heterocycles. The number of aromatic hydroxyl groups is 1. The Morgan fingerprint density at radius 3 is 2.30 bits per heavy atom. The topological polar surface area (TPSA) is 164 Å². The first kappa shape index (κ1) is 26.0. The molecule has 0 saturated carbocycles. The molecule has 0 aromatic heterocycles. The molecule has 10 nitrogen and oxygen atoms in total. The number of nitrogens with zero attached hydrogens (tertiary/aromatic N) is 1. The molecule has 2 aromatic carbocycles. The Kier molecular flexibility index (Phi) is 9.35. The molecule has 0 fully saturated rings. The van der Waals surface area contributed by atoms with Gasteiger partial charge in [-0.3, -0.25) is 24.3 Å². The first-order valence-corrected chi connectivity index (χ1v) is 10.2. The largest absolute Gasteiger partial charge is 1.00 e. The summed E-state index contributed by atoms with van der Waals surface area (Å²) in [5.41, 5.74) is 0.162. The van der Waals surface area contributed by atoms with Crippen molar-refractivity contribution >= 4 is 25.0 Å². The third kappa shape index (κ3) is 7.32. The number of rotatable bonds is 8. The Balaban J connectivity index is 0.00000450. The van der Waals surface area contributed by atoms with Crippen LogP contribution in [0.3, 0.4) is 0 Å². The van der Waals surface area contributed by atoms with Crippen LogP contribution in [0.5, 0.6) is 11.5 Å². The van der Waals surface area contributed by atoms with Crippen LogP contribution in [0.25, 0.3) is 0 Å². The average molecular weight is 447 g/mol. The number of phenols is 1. The van der Waals surface area contributed by atoms with E-state index in [9.17, 15) is 29.4 Å². The fourth-order valence-electron chi connectivity index (χ4n) is 2.42. The van der Waals surface area contributed by atoms with Crippen molar-refractivity contribution in [3.05, 3.63) is 63.2 Å². The van der Waals surface area contributed by atoms with Crippen molar-refractivity contribution in [2.45, 2.75) is 19.8 Å². The van der Waals surface area contributed by atoms with E-state index in [1.54, 1.807) is 12.1 Å². The molecule has 0 aliphatic heterocycles. The zero-order valence-electron chi connectivity index (χ0n) is 17.3. The molecule has 0 aliphatic rings. The first-order chi connectivity index (χ1) is 13.5. The predicted octanol–water partition coefficient (Wildman–Crippen LogP) is -0.180. The van der Waals surface area contributed by atoms with E-state index in [0.29, 0.717) is 0 Å². The number of carbonyl (C=O) groups is 2. The van der Waals surface area contributed by atoms with E-state index in [2.05, 4.69) is 0 Å². The third-order valence-corrected chi connectivity index (χ3v) is 4.78. The molecule has 0 amide bonds. The zero-order valence-corrected chi connectivity index (χ0v) is 19.2. The summed E-state index contributed by atoms with van der Waals surface area (Å²) in [6, 6.07) is 8.32. The van der Waals surface area contributed by atoms with Gasteiger partial charge in [0.1, 0.15) is 0 Å². The van der Waals surface area contributed by atoms with Crippen molar-refractivity contribution in [3.63, 3.8) is 0 Å². The molecule has 2 aromatic rings. The van der Waals surface area contributed by atoms with Crippen LogP contribution < -0.4 is 34.3 Å². The molecule has 0 spiro atoms. The van der Waals surface area contributed by atoms with Crippen LogP contribution in [0.15, 0.2) is 36.4 Å². The molecule has 156 valence electrons. The summed E-state index contributed by atoms with van der Waals surface area (Å²) in [6.07, 6.45) is -1.12. The molecular formula is C18H19NNaO9P. The van der Waals surface area contributed by atoms with E-state index in [1.807, 2.05) is 6.92 Å². The second kappa shape index (κ2) is 10.8. The molecule has 0 bridgehead atoms. The Hall–Kier alpha value is -2.07. The Morgan fingerprint density at radius 1 is 1.17 bits per heavy atom. The summed E-state index contributed by atoms with van der Waals surface area (Å²) in [6.45, 7) is 1.82. The standard InChI is InChI=1S/C18H18NO9P.Na.H/c1-11-4-6-12(7-5-11)17(21)13-9-14(19(23)24)18(22)15(10-13)28-16(20)3-2-8-29(25,26)27;;/h4-7,9-10,22H,2-3,8H2,1H3,(H2,25,26,27);;/q;+1;-1. The Bertz CT molecular complexity index is 1010. The maximum Gasteiger partial charge on any atom is 1.00 e. The predicted molar refractivity (Wildman–Crippen MR) is 102 cm³/mol. The Labute approximate surface area is 195 Å². The summed E-state index contributed by atoms with van der Waals surface area (Å²) in [4.78, 5) is 52.4. The SMILES string of the molecule is Cc1ccc(C(=O)c2cc(OC(=O)CCCP(=O)(O)O)c(O)c([N+](=O)[O-])c2)cc1.[H-].[Na+]. The number of hydrogen-bond donors (Lipinski definition) is 3.